The second-order valence-corrected chi connectivity index (χ2v) is 6.07. The molecule has 0 amide bonds. The van der Waals surface area contributed by atoms with Gasteiger partial charge in [-0.1, -0.05) is 39.1 Å². The number of rotatable bonds is 4. The van der Waals surface area contributed by atoms with Crippen molar-refractivity contribution in [3.63, 3.8) is 0 Å². The van der Waals surface area contributed by atoms with Crippen molar-refractivity contribution in [3.8, 4) is 5.75 Å². The highest BCUT2D eigenvalue weighted by Crippen LogP contribution is 2.34. The first kappa shape index (κ1) is 14.4. The molecule has 0 atom stereocenters. The van der Waals surface area contributed by atoms with Gasteiger partial charge in [-0.2, -0.15) is 0 Å². The van der Waals surface area contributed by atoms with Crippen molar-refractivity contribution >= 4 is 39.1 Å². The first-order valence-electron chi connectivity index (χ1n) is 5.86. The lowest BCUT2D eigenvalue weighted by molar-refractivity contribution is 0.00355. The Labute approximate surface area is 126 Å². The predicted octanol–water partition coefficient (Wildman–Crippen LogP) is 4.56. The molecule has 5 heteroatoms. The van der Waals surface area contributed by atoms with Crippen LogP contribution in [0.25, 0.3) is 0 Å². The maximum Gasteiger partial charge on any atom is 0.122 e. The molecule has 0 aliphatic carbocycles. The van der Waals surface area contributed by atoms with Crippen LogP contribution in [0.15, 0.2) is 18.2 Å². The molecule has 0 spiro atoms. The highest BCUT2D eigenvalue weighted by Gasteiger charge is 2.32. The summed E-state index contributed by atoms with van der Waals surface area (Å²) in [4.78, 5) is 0. The third kappa shape index (κ3) is 3.77. The smallest absolute Gasteiger partial charge is 0.122 e. The fourth-order valence-electron chi connectivity index (χ4n) is 1.97. The summed E-state index contributed by atoms with van der Waals surface area (Å²) in [5.74, 6) is 0.722. The third-order valence-electron chi connectivity index (χ3n) is 3.22. The third-order valence-corrected chi connectivity index (χ3v) is 4.84. The molecule has 0 aromatic heterocycles. The molecule has 2 rings (SSSR count). The van der Waals surface area contributed by atoms with E-state index in [-0.39, 0.29) is 5.41 Å². The normalized spacial score (nSPS) is 18.6. The van der Waals surface area contributed by atoms with Gasteiger partial charge in [0.1, 0.15) is 5.75 Å². The summed E-state index contributed by atoms with van der Waals surface area (Å²) in [6, 6.07) is 5.27. The van der Waals surface area contributed by atoms with Crippen molar-refractivity contribution < 1.29 is 9.47 Å². The van der Waals surface area contributed by atoms with Crippen LogP contribution in [-0.2, 0) is 4.74 Å². The highest BCUT2D eigenvalue weighted by molar-refractivity contribution is 9.09. The second-order valence-electron chi connectivity index (χ2n) is 4.64. The lowest BCUT2D eigenvalue weighted by Gasteiger charge is -2.35. The molecule has 1 fully saturated rings. The van der Waals surface area contributed by atoms with Crippen molar-refractivity contribution in [2.24, 2.45) is 5.41 Å². The second kappa shape index (κ2) is 6.47. The standard InChI is InChI=1S/C13H15BrCl2O2/c14-8-13(1-3-17-4-2-13)9-18-12-6-10(15)5-11(16)7-12/h5-7H,1-4,8-9H2. The summed E-state index contributed by atoms with van der Waals surface area (Å²) in [5, 5.41) is 2.10. The number of hydrogen-bond donors (Lipinski definition) is 0. The SMILES string of the molecule is Clc1cc(Cl)cc(OCC2(CBr)CCOCC2)c1. The topological polar surface area (TPSA) is 18.5 Å². The maximum absolute atomic E-state index is 5.95. The van der Waals surface area contributed by atoms with Gasteiger partial charge in [0, 0.05) is 34.0 Å². The van der Waals surface area contributed by atoms with Gasteiger partial charge in [0.05, 0.1) is 6.61 Å². The molecule has 1 aromatic rings. The van der Waals surface area contributed by atoms with Gasteiger partial charge in [0.25, 0.3) is 0 Å². The monoisotopic (exact) mass is 352 g/mol. The number of hydrogen-bond acceptors (Lipinski definition) is 2. The van der Waals surface area contributed by atoms with E-state index in [1.807, 2.05) is 0 Å². The van der Waals surface area contributed by atoms with E-state index in [9.17, 15) is 0 Å². The lowest BCUT2D eigenvalue weighted by atomic mass is 9.83. The average molecular weight is 354 g/mol. The van der Waals surface area contributed by atoms with E-state index in [2.05, 4.69) is 15.9 Å². The molecule has 0 saturated carbocycles. The lowest BCUT2D eigenvalue weighted by Crippen LogP contribution is -2.36. The van der Waals surface area contributed by atoms with Crippen molar-refractivity contribution in [1.29, 1.82) is 0 Å². The highest BCUT2D eigenvalue weighted by atomic mass is 79.9. The Morgan fingerprint density at radius 2 is 1.78 bits per heavy atom. The number of alkyl halides is 1. The minimum absolute atomic E-state index is 0.146. The Bertz CT molecular complexity index is 386. The first-order chi connectivity index (χ1) is 8.63. The minimum Gasteiger partial charge on any atom is -0.493 e. The van der Waals surface area contributed by atoms with Crippen LogP contribution >= 0.6 is 39.1 Å². The largest absolute Gasteiger partial charge is 0.493 e. The zero-order valence-corrected chi connectivity index (χ0v) is 13.0. The molecule has 1 aliphatic rings. The molecular weight excluding hydrogens is 339 g/mol. The fourth-order valence-corrected chi connectivity index (χ4v) is 3.20. The molecular formula is C13H15BrCl2O2. The van der Waals surface area contributed by atoms with Crippen LogP contribution in [0.3, 0.4) is 0 Å². The van der Waals surface area contributed by atoms with E-state index in [1.165, 1.54) is 0 Å². The average Bonchev–Trinajstić information content (AvgIpc) is 2.36. The van der Waals surface area contributed by atoms with Gasteiger partial charge in [-0.05, 0) is 31.0 Å². The Balaban J connectivity index is 2.00. The van der Waals surface area contributed by atoms with E-state index in [0.29, 0.717) is 16.7 Å². The van der Waals surface area contributed by atoms with E-state index in [1.54, 1.807) is 18.2 Å². The van der Waals surface area contributed by atoms with Crippen LogP contribution in [-0.4, -0.2) is 25.2 Å². The summed E-state index contributed by atoms with van der Waals surface area (Å²) in [7, 11) is 0. The molecule has 0 N–H and O–H groups in total. The van der Waals surface area contributed by atoms with Crippen molar-refractivity contribution in [1.82, 2.24) is 0 Å². The molecule has 0 bridgehead atoms. The summed E-state index contributed by atoms with van der Waals surface area (Å²) in [6.45, 7) is 2.24. The summed E-state index contributed by atoms with van der Waals surface area (Å²) in [6.07, 6.45) is 2.01. The van der Waals surface area contributed by atoms with Crippen LogP contribution in [0.2, 0.25) is 10.0 Å². The van der Waals surface area contributed by atoms with E-state index < -0.39 is 0 Å². The summed E-state index contributed by atoms with van der Waals surface area (Å²) >= 11 is 15.5. The maximum atomic E-state index is 5.95. The first-order valence-corrected chi connectivity index (χ1v) is 7.74. The Morgan fingerprint density at radius 1 is 1.17 bits per heavy atom. The zero-order valence-electron chi connectivity index (χ0n) is 9.93. The molecule has 2 nitrogen and oxygen atoms in total. The van der Waals surface area contributed by atoms with E-state index in [0.717, 1.165) is 37.1 Å². The van der Waals surface area contributed by atoms with Crippen molar-refractivity contribution in [2.75, 3.05) is 25.2 Å². The quantitative estimate of drug-likeness (QED) is 0.738. The fraction of sp³-hybridized carbons (Fsp3) is 0.538. The number of ether oxygens (including phenoxy) is 2. The Morgan fingerprint density at radius 3 is 2.33 bits per heavy atom. The van der Waals surface area contributed by atoms with Crippen LogP contribution in [0.1, 0.15) is 12.8 Å². The van der Waals surface area contributed by atoms with Gasteiger partial charge < -0.3 is 9.47 Å². The number of halogens is 3. The van der Waals surface area contributed by atoms with E-state index >= 15 is 0 Å². The number of benzene rings is 1. The van der Waals surface area contributed by atoms with E-state index in [4.69, 9.17) is 32.7 Å². The molecule has 1 aromatic carbocycles. The van der Waals surface area contributed by atoms with Crippen molar-refractivity contribution in [2.45, 2.75) is 12.8 Å². The molecule has 100 valence electrons. The van der Waals surface area contributed by atoms with Gasteiger partial charge in [-0.25, -0.2) is 0 Å². The summed E-state index contributed by atoms with van der Waals surface area (Å²) in [5.41, 5.74) is 0.146. The van der Waals surface area contributed by atoms with Gasteiger partial charge in [0.2, 0.25) is 0 Å². The summed E-state index contributed by atoms with van der Waals surface area (Å²) < 4.78 is 11.2. The zero-order chi connectivity index (χ0) is 13.0. The molecule has 0 unspecified atom stereocenters. The Hall–Kier alpha value is 0.0400. The van der Waals surface area contributed by atoms with Crippen LogP contribution in [0.5, 0.6) is 5.75 Å². The van der Waals surface area contributed by atoms with Gasteiger partial charge in [0.15, 0.2) is 0 Å². The van der Waals surface area contributed by atoms with Crippen LogP contribution < -0.4 is 4.74 Å². The molecule has 18 heavy (non-hydrogen) atoms. The van der Waals surface area contributed by atoms with Gasteiger partial charge in [-0.3, -0.25) is 0 Å². The van der Waals surface area contributed by atoms with Gasteiger partial charge >= 0.3 is 0 Å². The van der Waals surface area contributed by atoms with Gasteiger partial charge in [-0.15, -0.1) is 0 Å². The van der Waals surface area contributed by atoms with Crippen LogP contribution in [0, 0.1) is 5.41 Å². The molecule has 1 saturated heterocycles. The van der Waals surface area contributed by atoms with Crippen molar-refractivity contribution in [3.05, 3.63) is 28.2 Å². The predicted molar refractivity (Wildman–Crippen MR) is 78.2 cm³/mol. The van der Waals surface area contributed by atoms with Crippen LogP contribution in [0.4, 0.5) is 0 Å². The molecule has 1 heterocycles. The molecule has 1 aliphatic heterocycles. The minimum atomic E-state index is 0.146. The Kier molecular flexibility index (Phi) is 5.19. The molecule has 0 radical (unpaired) electrons.